The summed E-state index contributed by atoms with van der Waals surface area (Å²) in [6.07, 6.45) is 1.57. The number of ether oxygens (including phenoxy) is 1. The van der Waals surface area contributed by atoms with Gasteiger partial charge in [-0.05, 0) is 19.1 Å². The summed E-state index contributed by atoms with van der Waals surface area (Å²) in [5.41, 5.74) is 0.709. The average molecular weight is 217 g/mol. The van der Waals surface area contributed by atoms with Crippen LogP contribution in [0.1, 0.15) is 11.7 Å². The first kappa shape index (κ1) is 10.4. The summed E-state index contributed by atoms with van der Waals surface area (Å²) >= 11 is 0. The summed E-state index contributed by atoms with van der Waals surface area (Å²) in [5.74, 6) is -1.49. The molecule has 4 heteroatoms. The Bertz CT molecular complexity index is 542. The van der Waals surface area contributed by atoms with Crippen LogP contribution in [0.5, 0.6) is 0 Å². The molecule has 2 rings (SSSR count). The predicted octanol–water partition coefficient (Wildman–Crippen LogP) is 1.84. The van der Waals surface area contributed by atoms with Crippen LogP contribution >= 0.6 is 0 Å². The van der Waals surface area contributed by atoms with Gasteiger partial charge in [0, 0.05) is 11.6 Å². The summed E-state index contributed by atoms with van der Waals surface area (Å²) in [4.78, 5) is 23.0. The van der Waals surface area contributed by atoms with Crippen LogP contribution in [0.3, 0.4) is 0 Å². The SMILES string of the molecule is CCOC(=O)C(=O)n1ccc2ccccc21. The lowest BCUT2D eigenvalue weighted by molar-refractivity contribution is -0.138. The van der Waals surface area contributed by atoms with Crippen LogP contribution in [0.2, 0.25) is 0 Å². The fraction of sp³-hybridized carbons (Fsp3) is 0.167. The van der Waals surface area contributed by atoms with E-state index in [9.17, 15) is 9.59 Å². The highest BCUT2D eigenvalue weighted by Crippen LogP contribution is 2.14. The van der Waals surface area contributed by atoms with E-state index in [0.29, 0.717) is 5.52 Å². The van der Waals surface area contributed by atoms with E-state index in [4.69, 9.17) is 0 Å². The number of benzene rings is 1. The van der Waals surface area contributed by atoms with Gasteiger partial charge in [-0.2, -0.15) is 0 Å². The second-order valence-corrected chi connectivity index (χ2v) is 3.27. The third-order valence-electron chi connectivity index (χ3n) is 2.27. The number of hydrogen-bond acceptors (Lipinski definition) is 3. The van der Waals surface area contributed by atoms with Gasteiger partial charge in [0.25, 0.3) is 0 Å². The molecule has 16 heavy (non-hydrogen) atoms. The van der Waals surface area contributed by atoms with Gasteiger partial charge >= 0.3 is 11.9 Å². The molecule has 2 aromatic rings. The van der Waals surface area contributed by atoms with Gasteiger partial charge in [-0.1, -0.05) is 18.2 Å². The number of rotatable bonds is 1. The molecule has 0 amide bonds. The maximum atomic E-state index is 11.7. The monoisotopic (exact) mass is 217 g/mol. The van der Waals surface area contributed by atoms with E-state index in [1.807, 2.05) is 18.2 Å². The summed E-state index contributed by atoms with van der Waals surface area (Å²) in [6.45, 7) is 1.86. The minimum Gasteiger partial charge on any atom is -0.459 e. The van der Waals surface area contributed by atoms with Crippen LogP contribution in [0, 0.1) is 0 Å². The van der Waals surface area contributed by atoms with E-state index in [1.54, 1.807) is 25.3 Å². The summed E-state index contributed by atoms with van der Waals surface area (Å²) in [5, 5.41) is 0.917. The van der Waals surface area contributed by atoms with E-state index < -0.39 is 11.9 Å². The largest absolute Gasteiger partial charge is 0.459 e. The number of hydrogen-bond donors (Lipinski definition) is 0. The summed E-state index contributed by atoms with van der Waals surface area (Å²) in [6, 6.07) is 9.14. The van der Waals surface area contributed by atoms with E-state index in [-0.39, 0.29) is 6.61 Å². The van der Waals surface area contributed by atoms with Crippen LogP contribution in [-0.2, 0) is 9.53 Å². The van der Waals surface area contributed by atoms with E-state index >= 15 is 0 Å². The molecule has 0 fully saturated rings. The molecule has 0 saturated carbocycles. The van der Waals surface area contributed by atoms with Gasteiger partial charge in [-0.15, -0.1) is 0 Å². The lowest BCUT2D eigenvalue weighted by Gasteiger charge is -2.02. The van der Waals surface area contributed by atoms with Gasteiger partial charge in [0.2, 0.25) is 0 Å². The molecule has 1 aromatic heterocycles. The first-order valence-electron chi connectivity index (χ1n) is 5.01. The van der Waals surface area contributed by atoms with Crippen molar-refractivity contribution in [1.29, 1.82) is 0 Å². The van der Waals surface area contributed by atoms with Crippen LogP contribution in [0.4, 0.5) is 0 Å². The highest BCUT2D eigenvalue weighted by atomic mass is 16.5. The molecule has 0 aliphatic heterocycles. The zero-order chi connectivity index (χ0) is 11.5. The lowest BCUT2D eigenvalue weighted by Crippen LogP contribution is -2.23. The standard InChI is InChI=1S/C12H11NO3/c1-2-16-12(15)11(14)13-8-7-9-5-3-4-6-10(9)13/h3-8H,2H2,1H3. The highest BCUT2D eigenvalue weighted by molar-refractivity contribution is 6.34. The first-order chi connectivity index (χ1) is 7.74. The number of aromatic nitrogens is 1. The number of carbonyl (C=O) groups excluding carboxylic acids is 2. The quantitative estimate of drug-likeness (QED) is 0.541. The molecule has 0 atom stereocenters. The van der Waals surface area contributed by atoms with Crippen LogP contribution in [0.25, 0.3) is 10.9 Å². The van der Waals surface area contributed by atoms with E-state index in [2.05, 4.69) is 4.74 Å². The van der Waals surface area contributed by atoms with Crippen molar-refractivity contribution in [3.05, 3.63) is 36.5 Å². The normalized spacial score (nSPS) is 10.3. The van der Waals surface area contributed by atoms with Crippen LogP contribution in [0.15, 0.2) is 36.5 Å². The average Bonchev–Trinajstić information content (AvgIpc) is 2.72. The van der Waals surface area contributed by atoms with Crippen molar-refractivity contribution in [2.45, 2.75) is 6.92 Å². The Morgan fingerprint density at radius 2 is 2.00 bits per heavy atom. The predicted molar refractivity (Wildman–Crippen MR) is 59.2 cm³/mol. The van der Waals surface area contributed by atoms with Gasteiger partial charge in [-0.25, -0.2) is 4.79 Å². The third kappa shape index (κ3) is 1.69. The van der Waals surface area contributed by atoms with E-state index in [0.717, 1.165) is 5.39 Å². The Hall–Kier alpha value is -2.10. The van der Waals surface area contributed by atoms with Gasteiger partial charge in [0.1, 0.15) is 0 Å². The lowest BCUT2D eigenvalue weighted by atomic mass is 10.2. The van der Waals surface area contributed by atoms with Crippen molar-refractivity contribution in [3.8, 4) is 0 Å². The van der Waals surface area contributed by atoms with Gasteiger partial charge in [0.15, 0.2) is 0 Å². The van der Waals surface area contributed by atoms with Crippen molar-refractivity contribution in [2.24, 2.45) is 0 Å². The number of nitrogens with zero attached hydrogens (tertiary/aromatic N) is 1. The van der Waals surface area contributed by atoms with Gasteiger partial charge in [0.05, 0.1) is 12.1 Å². The maximum absolute atomic E-state index is 11.7. The summed E-state index contributed by atoms with van der Waals surface area (Å²) < 4.78 is 5.97. The second-order valence-electron chi connectivity index (χ2n) is 3.27. The molecule has 1 heterocycles. The molecule has 0 saturated heterocycles. The fourth-order valence-electron chi connectivity index (χ4n) is 1.55. The zero-order valence-corrected chi connectivity index (χ0v) is 8.84. The van der Waals surface area contributed by atoms with Crippen molar-refractivity contribution >= 4 is 22.8 Å². The molecule has 82 valence electrons. The molecular formula is C12H11NO3. The maximum Gasteiger partial charge on any atom is 0.397 e. The minimum absolute atomic E-state index is 0.198. The highest BCUT2D eigenvalue weighted by Gasteiger charge is 2.18. The van der Waals surface area contributed by atoms with Crippen LogP contribution < -0.4 is 0 Å². The van der Waals surface area contributed by atoms with Crippen molar-refractivity contribution in [3.63, 3.8) is 0 Å². The molecule has 0 radical (unpaired) electrons. The third-order valence-corrected chi connectivity index (χ3v) is 2.27. The van der Waals surface area contributed by atoms with Crippen LogP contribution in [-0.4, -0.2) is 23.1 Å². The smallest absolute Gasteiger partial charge is 0.397 e. The molecule has 0 aliphatic rings. The Morgan fingerprint density at radius 3 is 2.75 bits per heavy atom. The Kier molecular flexibility index (Phi) is 2.72. The molecule has 0 bridgehead atoms. The zero-order valence-electron chi connectivity index (χ0n) is 8.84. The fourth-order valence-corrected chi connectivity index (χ4v) is 1.55. The molecular weight excluding hydrogens is 206 g/mol. The number of fused-ring (bicyclic) bond motifs is 1. The molecule has 4 nitrogen and oxygen atoms in total. The molecule has 0 spiro atoms. The topological polar surface area (TPSA) is 48.3 Å². The Labute approximate surface area is 92.4 Å². The summed E-state index contributed by atoms with van der Waals surface area (Å²) in [7, 11) is 0. The van der Waals surface area contributed by atoms with Crippen molar-refractivity contribution in [2.75, 3.05) is 6.61 Å². The van der Waals surface area contributed by atoms with Crippen molar-refractivity contribution < 1.29 is 14.3 Å². The number of carbonyl (C=O) groups is 2. The molecule has 1 aromatic carbocycles. The Morgan fingerprint density at radius 1 is 1.25 bits per heavy atom. The molecule has 0 N–H and O–H groups in total. The number of esters is 1. The number of para-hydroxylation sites is 1. The minimum atomic E-state index is -0.830. The van der Waals surface area contributed by atoms with Gasteiger partial charge in [-0.3, -0.25) is 9.36 Å². The van der Waals surface area contributed by atoms with Gasteiger partial charge < -0.3 is 4.74 Å². The second kappa shape index (κ2) is 4.18. The van der Waals surface area contributed by atoms with E-state index in [1.165, 1.54) is 4.57 Å². The first-order valence-corrected chi connectivity index (χ1v) is 5.01. The Balaban J connectivity index is 2.40. The molecule has 0 aliphatic carbocycles. The van der Waals surface area contributed by atoms with Crippen molar-refractivity contribution in [1.82, 2.24) is 4.57 Å². The molecule has 0 unspecified atom stereocenters.